The van der Waals surface area contributed by atoms with Crippen molar-refractivity contribution in [1.82, 2.24) is 4.72 Å². The Bertz CT molecular complexity index is 1080. The molecule has 10 heteroatoms. The molecule has 7 nitrogen and oxygen atoms in total. The molecule has 144 valence electrons. The van der Waals surface area contributed by atoms with E-state index in [1.807, 2.05) is 0 Å². The number of benzene rings is 2. The molecular formula is C17H17FN2O5S2. The second-order valence-corrected chi connectivity index (χ2v) is 9.82. The third-order valence-corrected chi connectivity index (χ3v) is 7.44. The first-order valence-corrected chi connectivity index (χ1v) is 11.1. The molecule has 3 rings (SSSR count). The Morgan fingerprint density at radius 1 is 1.15 bits per heavy atom. The molecule has 1 N–H and O–H groups in total. The number of hydrogen-bond acceptors (Lipinski definition) is 5. The Labute approximate surface area is 156 Å². The van der Waals surface area contributed by atoms with Gasteiger partial charge in [0.25, 0.3) is 0 Å². The van der Waals surface area contributed by atoms with Crippen LogP contribution in [0.4, 0.5) is 10.1 Å². The first kappa shape index (κ1) is 19.5. The van der Waals surface area contributed by atoms with Crippen LogP contribution in [0.5, 0.6) is 0 Å². The third-order valence-electron chi connectivity index (χ3n) is 4.15. The van der Waals surface area contributed by atoms with Crippen LogP contribution in [0.3, 0.4) is 0 Å². The largest absolute Gasteiger partial charge is 0.273 e. The molecule has 0 radical (unpaired) electrons. The second kappa shape index (κ2) is 7.02. The van der Waals surface area contributed by atoms with Crippen molar-refractivity contribution in [2.24, 2.45) is 5.92 Å². The van der Waals surface area contributed by atoms with Gasteiger partial charge in [0.15, 0.2) is 0 Å². The van der Waals surface area contributed by atoms with E-state index in [2.05, 4.69) is 4.72 Å². The number of halogens is 1. The third kappa shape index (κ3) is 3.87. The Morgan fingerprint density at radius 3 is 2.33 bits per heavy atom. The van der Waals surface area contributed by atoms with E-state index in [0.29, 0.717) is 4.31 Å². The lowest BCUT2D eigenvalue weighted by molar-refractivity contribution is -0.119. The van der Waals surface area contributed by atoms with E-state index in [9.17, 15) is 26.0 Å². The van der Waals surface area contributed by atoms with E-state index in [0.717, 1.165) is 0 Å². The minimum atomic E-state index is -3.94. The van der Waals surface area contributed by atoms with E-state index < -0.39 is 37.7 Å². The second-order valence-electron chi connectivity index (χ2n) is 6.19. The maximum atomic E-state index is 13.6. The van der Waals surface area contributed by atoms with Gasteiger partial charge in [-0.1, -0.05) is 25.1 Å². The summed E-state index contributed by atoms with van der Waals surface area (Å²) in [6, 6.07) is 10.7. The van der Waals surface area contributed by atoms with Crippen molar-refractivity contribution < 1.29 is 26.0 Å². The highest BCUT2D eigenvalue weighted by Crippen LogP contribution is 2.29. The van der Waals surface area contributed by atoms with Gasteiger partial charge in [-0.05, 0) is 30.3 Å². The highest BCUT2D eigenvalue weighted by atomic mass is 32.2. The fourth-order valence-electron chi connectivity index (χ4n) is 2.75. The molecule has 2 aromatic carbocycles. The number of carbonyl (C=O) groups is 1. The molecule has 1 heterocycles. The summed E-state index contributed by atoms with van der Waals surface area (Å²) in [4.78, 5) is 11.9. The van der Waals surface area contributed by atoms with Crippen LogP contribution in [0.2, 0.25) is 0 Å². The van der Waals surface area contributed by atoms with E-state index in [1.54, 1.807) is 6.07 Å². The molecule has 1 aliphatic heterocycles. The monoisotopic (exact) mass is 412 g/mol. The first-order valence-electron chi connectivity index (χ1n) is 8.02. The maximum Gasteiger partial charge on any atom is 0.244 e. The van der Waals surface area contributed by atoms with Gasteiger partial charge in [0.1, 0.15) is 5.82 Å². The summed E-state index contributed by atoms with van der Waals surface area (Å²) in [5.74, 6) is -2.01. The van der Waals surface area contributed by atoms with Crippen molar-refractivity contribution in [3.05, 3.63) is 59.9 Å². The van der Waals surface area contributed by atoms with E-state index >= 15 is 0 Å². The van der Waals surface area contributed by atoms with Crippen LogP contribution in [0.1, 0.15) is 12.5 Å². The predicted octanol–water partition coefficient (Wildman–Crippen LogP) is 1.62. The quantitative estimate of drug-likeness (QED) is 0.804. The molecule has 2 aromatic rings. The lowest BCUT2D eigenvalue weighted by atomic mass is 10.2. The highest BCUT2D eigenvalue weighted by Gasteiger charge is 2.41. The zero-order valence-corrected chi connectivity index (χ0v) is 15.9. The van der Waals surface area contributed by atoms with Crippen LogP contribution >= 0.6 is 0 Å². The Morgan fingerprint density at radius 2 is 1.78 bits per heavy atom. The molecule has 27 heavy (non-hydrogen) atoms. The number of carbonyl (C=O) groups excluding carboxylic acids is 1. The molecule has 1 aliphatic rings. The lowest BCUT2D eigenvalue weighted by Crippen LogP contribution is -2.30. The Hall–Kier alpha value is -2.30. The van der Waals surface area contributed by atoms with Crippen LogP contribution in [0, 0.1) is 11.7 Å². The smallest absolute Gasteiger partial charge is 0.244 e. The van der Waals surface area contributed by atoms with E-state index in [-0.39, 0.29) is 28.4 Å². The molecule has 0 aliphatic carbocycles. The van der Waals surface area contributed by atoms with Gasteiger partial charge in [0.05, 0.1) is 22.3 Å². The highest BCUT2D eigenvalue weighted by molar-refractivity contribution is 7.94. The van der Waals surface area contributed by atoms with Gasteiger partial charge >= 0.3 is 0 Å². The molecule has 1 saturated heterocycles. The van der Waals surface area contributed by atoms with Crippen LogP contribution in [0.15, 0.2) is 53.4 Å². The van der Waals surface area contributed by atoms with Gasteiger partial charge in [-0.3, -0.25) is 4.79 Å². The first-order chi connectivity index (χ1) is 12.6. The average molecular weight is 412 g/mol. The number of sulfonamides is 2. The number of amides is 1. The maximum absolute atomic E-state index is 13.6. The minimum absolute atomic E-state index is 0.0809. The SMILES string of the molecule is CC1CS(=O)(=O)N(c2ccc(S(=O)(=O)NCc3ccccc3F)cc2)C1=O. The van der Waals surface area contributed by atoms with Crippen molar-refractivity contribution >= 4 is 31.6 Å². The summed E-state index contributed by atoms with van der Waals surface area (Å²) in [6.07, 6.45) is 0. The minimum Gasteiger partial charge on any atom is -0.273 e. The van der Waals surface area contributed by atoms with Crippen molar-refractivity contribution in [3.8, 4) is 0 Å². The molecule has 0 spiro atoms. The molecule has 0 bridgehead atoms. The molecule has 1 unspecified atom stereocenters. The van der Waals surface area contributed by atoms with Crippen LogP contribution in [-0.4, -0.2) is 28.5 Å². The van der Waals surface area contributed by atoms with E-state index in [4.69, 9.17) is 0 Å². The zero-order valence-electron chi connectivity index (χ0n) is 14.3. The number of nitrogens with zero attached hydrogens (tertiary/aromatic N) is 1. The van der Waals surface area contributed by atoms with Crippen molar-refractivity contribution in [2.75, 3.05) is 10.1 Å². The van der Waals surface area contributed by atoms with Gasteiger partial charge in [-0.25, -0.2) is 30.3 Å². The number of rotatable bonds is 5. The fourth-order valence-corrected chi connectivity index (χ4v) is 5.57. The summed E-state index contributed by atoms with van der Waals surface area (Å²) < 4.78 is 65.5. The van der Waals surface area contributed by atoms with Crippen molar-refractivity contribution in [3.63, 3.8) is 0 Å². The summed E-state index contributed by atoms with van der Waals surface area (Å²) in [5.41, 5.74) is 0.276. The van der Waals surface area contributed by atoms with Crippen molar-refractivity contribution in [2.45, 2.75) is 18.4 Å². The number of hydrogen-bond donors (Lipinski definition) is 1. The summed E-state index contributed by atoms with van der Waals surface area (Å²) in [7, 11) is -7.70. The summed E-state index contributed by atoms with van der Waals surface area (Å²) in [5, 5.41) is 0. The van der Waals surface area contributed by atoms with Crippen molar-refractivity contribution in [1.29, 1.82) is 0 Å². The molecule has 1 amide bonds. The molecule has 0 saturated carbocycles. The van der Waals surface area contributed by atoms with Crippen LogP contribution < -0.4 is 9.03 Å². The standard InChI is InChI=1S/C17H17FN2O5S2/c1-12-11-26(22,23)20(17(12)21)14-6-8-15(9-7-14)27(24,25)19-10-13-4-2-3-5-16(13)18/h2-9,12,19H,10-11H2,1H3. The van der Waals surface area contributed by atoms with E-state index in [1.165, 1.54) is 49.4 Å². The Kier molecular flexibility index (Phi) is 5.06. The van der Waals surface area contributed by atoms with Crippen LogP contribution in [-0.2, 0) is 31.4 Å². The average Bonchev–Trinajstić information content (AvgIpc) is 2.81. The van der Waals surface area contributed by atoms with Gasteiger partial charge in [0.2, 0.25) is 26.0 Å². The summed E-state index contributed by atoms with van der Waals surface area (Å²) >= 11 is 0. The number of nitrogens with one attached hydrogen (secondary N) is 1. The molecule has 1 atom stereocenters. The molecular weight excluding hydrogens is 395 g/mol. The fraction of sp³-hybridized carbons (Fsp3) is 0.235. The topological polar surface area (TPSA) is 101 Å². The predicted molar refractivity (Wildman–Crippen MR) is 97.3 cm³/mol. The summed E-state index contributed by atoms with van der Waals surface area (Å²) in [6.45, 7) is 1.29. The number of anilines is 1. The van der Waals surface area contributed by atoms with Gasteiger partial charge in [-0.2, -0.15) is 0 Å². The molecule has 1 fully saturated rings. The zero-order chi connectivity index (χ0) is 19.8. The molecule has 0 aromatic heterocycles. The Balaban J connectivity index is 1.80. The van der Waals surface area contributed by atoms with Gasteiger partial charge < -0.3 is 0 Å². The lowest BCUT2D eigenvalue weighted by Gasteiger charge is -2.15. The van der Waals surface area contributed by atoms with Gasteiger partial charge in [0, 0.05) is 12.1 Å². The van der Waals surface area contributed by atoms with Crippen LogP contribution in [0.25, 0.3) is 0 Å². The normalized spacial score (nSPS) is 19.4. The van der Waals surface area contributed by atoms with Gasteiger partial charge in [-0.15, -0.1) is 0 Å².